The van der Waals surface area contributed by atoms with Crippen LogP contribution in [0, 0.1) is 6.92 Å². The SMILES string of the molecule is CCCCN(CCCC)c1ccc(/C(C)=C\C(=O)OCC)cc1NC(=O)Nc1ccc(C)cc1. The van der Waals surface area contributed by atoms with E-state index in [0.717, 1.165) is 66.8 Å². The first-order valence-electron chi connectivity index (χ1n) is 12.3. The Kier molecular flexibility index (Phi) is 11.2. The predicted molar refractivity (Wildman–Crippen MR) is 143 cm³/mol. The maximum Gasteiger partial charge on any atom is 0.331 e. The van der Waals surface area contributed by atoms with Gasteiger partial charge in [-0.2, -0.15) is 0 Å². The van der Waals surface area contributed by atoms with E-state index in [2.05, 4.69) is 29.4 Å². The van der Waals surface area contributed by atoms with Gasteiger partial charge in [0.05, 0.1) is 18.0 Å². The third-order valence-corrected chi connectivity index (χ3v) is 5.53. The van der Waals surface area contributed by atoms with E-state index in [1.165, 1.54) is 6.08 Å². The van der Waals surface area contributed by atoms with E-state index in [9.17, 15) is 9.59 Å². The second-order valence-electron chi connectivity index (χ2n) is 8.45. The molecule has 0 radical (unpaired) electrons. The fraction of sp³-hybridized carbons (Fsp3) is 0.429. The van der Waals surface area contributed by atoms with E-state index >= 15 is 0 Å². The summed E-state index contributed by atoms with van der Waals surface area (Å²) < 4.78 is 5.05. The minimum absolute atomic E-state index is 0.305. The van der Waals surface area contributed by atoms with Gasteiger partial charge in [-0.1, -0.05) is 50.5 Å². The second-order valence-corrected chi connectivity index (χ2v) is 8.45. The predicted octanol–water partition coefficient (Wildman–Crippen LogP) is 7.01. The molecule has 34 heavy (non-hydrogen) atoms. The first kappa shape index (κ1) is 27.0. The Labute approximate surface area is 204 Å². The van der Waals surface area contributed by atoms with Crippen LogP contribution in [0.3, 0.4) is 0 Å². The van der Waals surface area contributed by atoms with Crippen LogP contribution in [-0.2, 0) is 9.53 Å². The third-order valence-electron chi connectivity index (χ3n) is 5.53. The number of urea groups is 1. The number of carbonyl (C=O) groups excluding carboxylic acids is 2. The average molecular weight is 466 g/mol. The molecule has 0 bridgehead atoms. The van der Waals surface area contributed by atoms with Gasteiger partial charge in [0.1, 0.15) is 0 Å². The first-order valence-corrected chi connectivity index (χ1v) is 12.3. The molecule has 6 heteroatoms. The average Bonchev–Trinajstić information content (AvgIpc) is 2.81. The fourth-order valence-electron chi connectivity index (χ4n) is 3.57. The number of hydrogen-bond donors (Lipinski definition) is 2. The normalized spacial score (nSPS) is 11.1. The van der Waals surface area contributed by atoms with Crippen LogP contribution in [-0.4, -0.2) is 31.7 Å². The number of hydrogen-bond acceptors (Lipinski definition) is 4. The molecule has 0 heterocycles. The first-order chi connectivity index (χ1) is 16.4. The van der Waals surface area contributed by atoms with Gasteiger partial charge < -0.3 is 20.3 Å². The van der Waals surface area contributed by atoms with Crippen LogP contribution in [0.1, 0.15) is 64.5 Å². The molecule has 0 saturated heterocycles. The largest absolute Gasteiger partial charge is 0.463 e. The summed E-state index contributed by atoms with van der Waals surface area (Å²) in [6.45, 7) is 12.2. The van der Waals surface area contributed by atoms with Crippen molar-refractivity contribution in [3.05, 3.63) is 59.7 Å². The van der Waals surface area contributed by atoms with Crippen molar-refractivity contribution in [3.63, 3.8) is 0 Å². The van der Waals surface area contributed by atoms with Crippen LogP contribution < -0.4 is 15.5 Å². The number of amides is 2. The van der Waals surface area contributed by atoms with Crippen molar-refractivity contribution in [1.82, 2.24) is 0 Å². The smallest absolute Gasteiger partial charge is 0.331 e. The van der Waals surface area contributed by atoms with Crippen molar-refractivity contribution in [2.24, 2.45) is 0 Å². The molecule has 184 valence electrons. The summed E-state index contributed by atoms with van der Waals surface area (Å²) in [5.41, 5.74) is 5.19. The standard InChI is InChI=1S/C28H39N3O3/c1-6-9-17-31(18-10-7-2)26-16-13-23(22(5)19-27(32)34-8-3)20-25(26)30-28(33)29-24-14-11-21(4)12-15-24/h11-16,19-20H,6-10,17-18H2,1-5H3,(H2,29,30,33)/b22-19-. The molecule has 2 aromatic carbocycles. The lowest BCUT2D eigenvalue weighted by molar-refractivity contribution is -0.137. The third kappa shape index (κ3) is 8.58. The van der Waals surface area contributed by atoms with Gasteiger partial charge in [0.15, 0.2) is 0 Å². The molecule has 0 aliphatic rings. The zero-order chi connectivity index (χ0) is 24.9. The number of allylic oxidation sites excluding steroid dienone is 1. The molecular weight excluding hydrogens is 426 g/mol. The molecular formula is C28H39N3O3. The van der Waals surface area contributed by atoms with Gasteiger partial charge in [-0.15, -0.1) is 0 Å². The Morgan fingerprint density at radius 2 is 1.59 bits per heavy atom. The van der Waals surface area contributed by atoms with Crippen molar-refractivity contribution in [2.45, 2.75) is 60.3 Å². The number of aryl methyl sites for hydroxylation is 1. The van der Waals surface area contributed by atoms with Gasteiger partial charge in [-0.05, 0) is 69.0 Å². The summed E-state index contributed by atoms with van der Waals surface area (Å²) in [7, 11) is 0. The number of ether oxygens (including phenoxy) is 1. The number of benzene rings is 2. The number of esters is 1. The molecule has 0 aliphatic carbocycles. The number of nitrogens with one attached hydrogen (secondary N) is 2. The van der Waals surface area contributed by atoms with Crippen molar-refractivity contribution in [3.8, 4) is 0 Å². The quantitative estimate of drug-likeness (QED) is 0.261. The number of anilines is 3. The molecule has 0 spiro atoms. The minimum Gasteiger partial charge on any atom is -0.463 e. The zero-order valence-corrected chi connectivity index (χ0v) is 21.2. The van der Waals surface area contributed by atoms with Gasteiger partial charge in [-0.3, -0.25) is 0 Å². The number of rotatable bonds is 12. The molecule has 2 amide bonds. The molecule has 0 aromatic heterocycles. The molecule has 0 aliphatic heterocycles. The van der Waals surface area contributed by atoms with Gasteiger partial charge >= 0.3 is 12.0 Å². The number of nitrogens with zero attached hydrogens (tertiary/aromatic N) is 1. The van der Waals surface area contributed by atoms with Crippen LogP contribution in [0.15, 0.2) is 48.5 Å². The van der Waals surface area contributed by atoms with Crippen LogP contribution in [0.5, 0.6) is 0 Å². The second kappa shape index (κ2) is 14.1. The summed E-state index contributed by atoms with van der Waals surface area (Å²) in [4.78, 5) is 27.2. The molecule has 0 fully saturated rings. The van der Waals surface area contributed by atoms with Crippen molar-refractivity contribution in [1.29, 1.82) is 0 Å². The Balaban J connectivity index is 2.37. The summed E-state index contributed by atoms with van der Waals surface area (Å²) in [5, 5.41) is 5.96. The summed E-state index contributed by atoms with van der Waals surface area (Å²) in [6, 6.07) is 13.3. The van der Waals surface area contributed by atoms with Crippen molar-refractivity contribution >= 4 is 34.6 Å². The van der Waals surface area contributed by atoms with Crippen LogP contribution in [0.25, 0.3) is 5.57 Å². The Morgan fingerprint density at radius 1 is 0.941 bits per heavy atom. The van der Waals surface area contributed by atoms with E-state index in [-0.39, 0.29) is 12.0 Å². The summed E-state index contributed by atoms with van der Waals surface area (Å²) in [5.74, 6) is -0.372. The van der Waals surface area contributed by atoms with Gasteiger partial charge in [0.25, 0.3) is 0 Å². The van der Waals surface area contributed by atoms with Gasteiger partial charge in [0.2, 0.25) is 0 Å². The maximum atomic E-state index is 12.9. The van der Waals surface area contributed by atoms with Crippen LogP contribution in [0.2, 0.25) is 0 Å². The van der Waals surface area contributed by atoms with E-state index in [0.29, 0.717) is 12.3 Å². The Hall–Kier alpha value is -3.28. The van der Waals surface area contributed by atoms with Crippen molar-refractivity contribution in [2.75, 3.05) is 35.2 Å². The lowest BCUT2D eigenvalue weighted by Crippen LogP contribution is -2.28. The lowest BCUT2D eigenvalue weighted by Gasteiger charge is -2.28. The molecule has 6 nitrogen and oxygen atoms in total. The highest BCUT2D eigenvalue weighted by Crippen LogP contribution is 2.31. The van der Waals surface area contributed by atoms with E-state index in [4.69, 9.17) is 4.74 Å². The fourth-order valence-corrected chi connectivity index (χ4v) is 3.57. The molecule has 0 unspecified atom stereocenters. The highest BCUT2D eigenvalue weighted by molar-refractivity contribution is 6.02. The van der Waals surface area contributed by atoms with E-state index in [1.54, 1.807) is 6.92 Å². The van der Waals surface area contributed by atoms with Gasteiger partial charge in [0, 0.05) is 24.9 Å². The minimum atomic E-state index is -0.372. The monoisotopic (exact) mass is 465 g/mol. The molecule has 0 atom stereocenters. The molecule has 2 N–H and O–H groups in total. The molecule has 2 rings (SSSR count). The van der Waals surface area contributed by atoms with Crippen molar-refractivity contribution < 1.29 is 14.3 Å². The maximum absolute atomic E-state index is 12.9. The summed E-state index contributed by atoms with van der Waals surface area (Å²) in [6.07, 6.45) is 5.82. The molecule has 2 aromatic rings. The highest BCUT2D eigenvalue weighted by Gasteiger charge is 2.15. The van der Waals surface area contributed by atoms with E-state index < -0.39 is 0 Å². The lowest BCUT2D eigenvalue weighted by atomic mass is 10.0. The Morgan fingerprint density at radius 3 is 2.18 bits per heavy atom. The van der Waals surface area contributed by atoms with E-state index in [1.807, 2.05) is 56.3 Å². The highest BCUT2D eigenvalue weighted by atomic mass is 16.5. The van der Waals surface area contributed by atoms with Crippen LogP contribution >= 0.6 is 0 Å². The topological polar surface area (TPSA) is 70.7 Å². The Bertz CT molecular complexity index is 959. The zero-order valence-electron chi connectivity index (χ0n) is 21.2. The number of unbranched alkanes of at least 4 members (excludes halogenated alkanes) is 2. The van der Waals surface area contributed by atoms with Gasteiger partial charge in [-0.25, -0.2) is 9.59 Å². The van der Waals surface area contributed by atoms with Crippen LogP contribution in [0.4, 0.5) is 21.9 Å². The summed E-state index contributed by atoms with van der Waals surface area (Å²) >= 11 is 0. The number of carbonyl (C=O) groups is 2. The molecule has 0 saturated carbocycles.